The standard InChI is InChI=1S/C13H22N2O5/c1-8(2)9-5-6-15(7-9)13(20)14-10(12(18)19)3-4-11(16)17/h8-10H,3-7H2,1-2H3,(H,14,20)(H,16,17)(H,18,19). The molecule has 0 aromatic rings. The molecule has 1 fully saturated rings. The molecule has 1 aliphatic heterocycles. The molecule has 0 aliphatic carbocycles. The van der Waals surface area contributed by atoms with Crippen LogP contribution in [-0.4, -0.2) is 52.2 Å². The molecule has 7 heteroatoms. The maximum atomic E-state index is 12.0. The summed E-state index contributed by atoms with van der Waals surface area (Å²) in [6, 6.07) is -1.58. The van der Waals surface area contributed by atoms with Crippen LogP contribution in [0.2, 0.25) is 0 Å². The van der Waals surface area contributed by atoms with Gasteiger partial charge in [0.15, 0.2) is 0 Å². The molecule has 3 N–H and O–H groups in total. The van der Waals surface area contributed by atoms with E-state index in [4.69, 9.17) is 10.2 Å². The molecule has 0 bridgehead atoms. The number of aliphatic carboxylic acids is 2. The highest BCUT2D eigenvalue weighted by Crippen LogP contribution is 2.23. The molecule has 20 heavy (non-hydrogen) atoms. The number of carbonyl (C=O) groups excluding carboxylic acids is 1. The molecule has 1 rings (SSSR count). The number of amides is 2. The fourth-order valence-corrected chi connectivity index (χ4v) is 2.28. The molecule has 0 aromatic carbocycles. The molecule has 0 aromatic heterocycles. The van der Waals surface area contributed by atoms with E-state index in [1.807, 2.05) is 0 Å². The lowest BCUT2D eigenvalue weighted by Gasteiger charge is -2.21. The van der Waals surface area contributed by atoms with Gasteiger partial charge in [-0.1, -0.05) is 13.8 Å². The molecule has 2 amide bonds. The number of likely N-dealkylation sites (tertiary alicyclic amines) is 1. The van der Waals surface area contributed by atoms with Crippen LogP contribution in [0, 0.1) is 11.8 Å². The van der Waals surface area contributed by atoms with E-state index >= 15 is 0 Å². The normalized spacial score (nSPS) is 19.9. The SMILES string of the molecule is CC(C)C1CCN(C(=O)NC(CCC(=O)O)C(=O)O)C1. The van der Waals surface area contributed by atoms with E-state index in [2.05, 4.69) is 19.2 Å². The van der Waals surface area contributed by atoms with Crippen LogP contribution >= 0.6 is 0 Å². The molecule has 0 radical (unpaired) electrons. The Morgan fingerprint density at radius 1 is 1.30 bits per heavy atom. The largest absolute Gasteiger partial charge is 0.481 e. The Bertz CT molecular complexity index is 383. The van der Waals surface area contributed by atoms with Crippen molar-refractivity contribution in [2.24, 2.45) is 11.8 Å². The fraction of sp³-hybridized carbons (Fsp3) is 0.769. The Morgan fingerprint density at radius 2 is 1.95 bits per heavy atom. The maximum absolute atomic E-state index is 12.0. The summed E-state index contributed by atoms with van der Waals surface area (Å²) in [5.74, 6) is -1.37. The van der Waals surface area contributed by atoms with E-state index in [0.717, 1.165) is 6.42 Å². The van der Waals surface area contributed by atoms with Crippen LogP contribution in [0.4, 0.5) is 4.79 Å². The zero-order valence-electron chi connectivity index (χ0n) is 11.8. The summed E-state index contributed by atoms with van der Waals surface area (Å²) in [6.45, 7) is 5.42. The predicted octanol–water partition coefficient (Wildman–Crippen LogP) is 0.992. The minimum absolute atomic E-state index is 0.113. The van der Waals surface area contributed by atoms with Crippen molar-refractivity contribution in [1.82, 2.24) is 10.2 Å². The topological polar surface area (TPSA) is 107 Å². The van der Waals surface area contributed by atoms with Gasteiger partial charge in [-0.15, -0.1) is 0 Å². The van der Waals surface area contributed by atoms with Gasteiger partial charge in [0.25, 0.3) is 0 Å². The molecule has 0 spiro atoms. The van der Waals surface area contributed by atoms with Gasteiger partial charge < -0.3 is 20.4 Å². The molecule has 0 saturated carbocycles. The average Bonchev–Trinajstić information content (AvgIpc) is 2.83. The smallest absolute Gasteiger partial charge is 0.326 e. The van der Waals surface area contributed by atoms with Gasteiger partial charge in [-0.05, 0) is 24.7 Å². The molecule has 1 saturated heterocycles. The third-order valence-corrected chi connectivity index (χ3v) is 3.70. The molecular formula is C13H22N2O5. The Hall–Kier alpha value is -1.79. The molecule has 7 nitrogen and oxygen atoms in total. The van der Waals surface area contributed by atoms with Gasteiger partial charge in [0, 0.05) is 19.5 Å². The van der Waals surface area contributed by atoms with Crippen LogP contribution in [0.3, 0.4) is 0 Å². The second-order valence-corrected chi connectivity index (χ2v) is 5.51. The van der Waals surface area contributed by atoms with Crippen LogP contribution in [0.1, 0.15) is 33.1 Å². The summed E-state index contributed by atoms with van der Waals surface area (Å²) < 4.78 is 0. The second-order valence-electron chi connectivity index (χ2n) is 5.51. The van der Waals surface area contributed by atoms with Crippen LogP contribution < -0.4 is 5.32 Å². The Labute approximate surface area is 117 Å². The Balaban J connectivity index is 2.50. The minimum Gasteiger partial charge on any atom is -0.481 e. The van der Waals surface area contributed by atoms with Crippen molar-refractivity contribution >= 4 is 18.0 Å². The summed E-state index contributed by atoms with van der Waals surface area (Å²) in [6.07, 6.45) is 0.516. The van der Waals surface area contributed by atoms with Gasteiger partial charge in [0.1, 0.15) is 6.04 Å². The molecule has 2 unspecified atom stereocenters. The van der Waals surface area contributed by atoms with Crippen molar-refractivity contribution in [3.63, 3.8) is 0 Å². The summed E-state index contributed by atoms with van der Waals surface area (Å²) in [5, 5.41) is 20.0. The van der Waals surface area contributed by atoms with E-state index in [0.29, 0.717) is 24.9 Å². The first-order valence-electron chi connectivity index (χ1n) is 6.81. The van der Waals surface area contributed by atoms with Gasteiger partial charge >= 0.3 is 18.0 Å². The van der Waals surface area contributed by atoms with Gasteiger partial charge in [-0.3, -0.25) is 4.79 Å². The zero-order chi connectivity index (χ0) is 15.3. The number of urea groups is 1. The van der Waals surface area contributed by atoms with Crippen molar-refractivity contribution < 1.29 is 24.6 Å². The van der Waals surface area contributed by atoms with E-state index < -0.39 is 24.0 Å². The third kappa shape index (κ3) is 4.71. The van der Waals surface area contributed by atoms with Gasteiger partial charge in [0.2, 0.25) is 0 Å². The zero-order valence-corrected chi connectivity index (χ0v) is 11.8. The van der Waals surface area contributed by atoms with Crippen LogP contribution in [0.15, 0.2) is 0 Å². The first-order chi connectivity index (χ1) is 9.31. The van der Waals surface area contributed by atoms with Gasteiger partial charge in [-0.25, -0.2) is 9.59 Å². The number of hydrogen-bond acceptors (Lipinski definition) is 3. The lowest BCUT2D eigenvalue weighted by Crippen LogP contribution is -2.47. The predicted molar refractivity (Wildman–Crippen MR) is 71.3 cm³/mol. The highest BCUT2D eigenvalue weighted by atomic mass is 16.4. The lowest BCUT2D eigenvalue weighted by molar-refractivity contribution is -0.140. The average molecular weight is 286 g/mol. The lowest BCUT2D eigenvalue weighted by atomic mass is 9.95. The second kappa shape index (κ2) is 7.12. The van der Waals surface area contributed by atoms with Crippen LogP contribution in [0.5, 0.6) is 0 Å². The van der Waals surface area contributed by atoms with E-state index in [1.165, 1.54) is 0 Å². The number of nitrogens with zero attached hydrogens (tertiary/aromatic N) is 1. The number of rotatable bonds is 6. The molecule has 1 aliphatic rings. The number of hydrogen-bond donors (Lipinski definition) is 3. The van der Waals surface area contributed by atoms with E-state index in [-0.39, 0.29) is 12.8 Å². The number of carbonyl (C=O) groups is 3. The third-order valence-electron chi connectivity index (χ3n) is 3.70. The molecule has 1 heterocycles. The maximum Gasteiger partial charge on any atom is 0.326 e. The fourth-order valence-electron chi connectivity index (χ4n) is 2.28. The minimum atomic E-state index is -1.21. The van der Waals surface area contributed by atoms with Crippen molar-refractivity contribution in [3.05, 3.63) is 0 Å². The highest BCUT2D eigenvalue weighted by Gasteiger charge is 2.30. The van der Waals surface area contributed by atoms with Gasteiger partial charge in [0.05, 0.1) is 0 Å². The van der Waals surface area contributed by atoms with Crippen molar-refractivity contribution in [2.45, 2.75) is 39.2 Å². The van der Waals surface area contributed by atoms with Crippen LogP contribution in [0.25, 0.3) is 0 Å². The Morgan fingerprint density at radius 3 is 2.40 bits per heavy atom. The number of carboxylic acid groups (broad SMARTS) is 2. The van der Waals surface area contributed by atoms with Crippen molar-refractivity contribution in [1.29, 1.82) is 0 Å². The summed E-state index contributed by atoms with van der Waals surface area (Å²) in [5.41, 5.74) is 0. The highest BCUT2D eigenvalue weighted by molar-refractivity contribution is 5.83. The molecular weight excluding hydrogens is 264 g/mol. The van der Waals surface area contributed by atoms with Crippen molar-refractivity contribution in [3.8, 4) is 0 Å². The van der Waals surface area contributed by atoms with E-state index in [1.54, 1.807) is 4.90 Å². The van der Waals surface area contributed by atoms with E-state index in [9.17, 15) is 14.4 Å². The first-order valence-corrected chi connectivity index (χ1v) is 6.81. The summed E-state index contributed by atoms with van der Waals surface area (Å²) in [7, 11) is 0. The van der Waals surface area contributed by atoms with Gasteiger partial charge in [-0.2, -0.15) is 0 Å². The Kier molecular flexibility index (Phi) is 5.79. The summed E-state index contributed by atoms with van der Waals surface area (Å²) >= 11 is 0. The summed E-state index contributed by atoms with van der Waals surface area (Å²) in [4.78, 5) is 35.1. The number of carboxylic acids is 2. The quantitative estimate of drug-likeness (QED) is 0.675. The molecule has 2 atom stereocenters. The monoisotopic (exact) mass is 286 g/mol. The van der Waals surface area contributed by atoms with Crippen molar-refractivity contribution in [2.75, 3.05) is 13.1 Å². The molecule has 114 valence electrons. The first kappa shape index (κ1) is 16.3. The number of nitrogens with one attached hydrogen (secondary N) is 1. The van der Waals surface area contributed by atoms with Crippen LogP contribution in [-0.2, 0) is 9.59 Å².